The summed E-state index contributed by atoms with van der Waals surface area (Å²) in [5, 5.41) is 6.84. The Balaban J connectivity index is 1.33. The topological polar surface area (TPSA) is 115 Å². The summed E-state index contributed by atoms with van der Waals surface area (Å²) in [6.45, 7) is 0.563. The Labute approximate surface area is 221 Å². The summed E-state index contributed by atoms with van der Waals surface area (Å²) in [5.74, 6) is 0.508. The molecule has 2 amide bonds. The number of hydrazone groups is 1. The Kier molecular flexibility index (Phi) is 10.9. The number of methoxy groups -OCH3 is 2. The average Bonchev–Trinajstić information content (AvgIpc) is 2.95. The van der Waals surface area contributed by atoms with Crippen molar-refractivity contribution in [3.8, 4) is 17.2 Å². The largest absolute Gasteiger partial charge is 0.493 e. The summed E-state index contributed by atoms with van der Waals surface area (Å²) in [6, 6.07) is 20.5. The summed E-state index contributed by atoms with van der Waals surface area (Å²) < 4.78 is 15.8. The Hall–Kier alpha value is -4.66. The molecule has 9 nitrogen and oxygen atoms in total. The number of esters is 1. The highest BCUT2D eigenvalue weighted by Gasteiger charge is 2.13. The van der Waals surface area contributed by atoms with Crippen LogP contribution in [-0.2, 0) is 4.79 Å². The van der Waals surface area contributed by atoms with Crippen molar-refractivity contribution < 1.29 is 28.6 Å². The van der Waals surface area contributed by atoms with Gasteiger partial charge >= 0.3 is 5.97 Å². The number of amides is 2. The Morgan fingerprint density at radius 1 is 0.816 bits per heavy atom. The minimum Gasteiger partial charge on any atom is -0.493 e. The van der Waals surface area contributed by atoms with Crippen LogP contribution in [0.5, 0.6) is 17.2 Å². The smallest absolute Gasteiger partial charge is 0.343 e. The minimum atomic E-state index is -0.529. The molecule has 0 aliphatic carbocycles. The van der Waals surface area contributed by atoms with Crippen molar-refractivity contribution in [3.05, 3.63) is 89.5 Å². The predicted molar refractivity (Wildman–Crippen MR) is 144 cm³/mol. The van der Waals surface area contributed by atoms with Crippen LogP contribution >= 0.6 is 0 Å². The molecule has 38 heavy (non-hydrogen) atoms. The van der Waals surface area contributed by atoms with Crippen molar-refractivity contribution >= 4 is 24.0 Å². The quantitative estimate of drug-likeness (QED) is 0.114. The number of rotatable bonds is 13. The van der Waals surface area contributed by atoms with E-state index in [1.54, 1.807) is 54.6 Å². The highest BCUT2D eigenvalue weighted by atomic mass is 16.5. The standard InChI is InChI=1S/C29H31N3O6/c1-36-25-17-14-23(19-26(25)37-2)29(35)38-24-15-12-21(13-16-24)20-31-32-27(33)11-7-4-8-18-30-28(34)22-9-5-3-6-10-22/h3,5-6,9-10,12-17,19-20H,4,7-8,11,18H2,1-2H3,(H,30,34)(H,32,33)/b31-20+. The number of hydrogen-bond donors (Lipinski definition) is 2. The van der Waals surface area contributed by atoms with Gasteiger partial charge in [-0.3, -0.25) is 9.59 Å². The second-order valence-corrected chi connectivity index (χ2v) is 8.25. The Morgan fingerprint density at radius 3 is 2.26 bits per heavy atom. The molecule has 0 fully saturated rings. The van der Waals surface area contributed by atoms with Gasteiger partial charge in [0.15, 0.2) is 11.5 Å². The third-order valence-electron chi connectivity index (χ3n) is 5.51. The average molecular weight is 518 g/mol. The van der Waals surface area contributed by atoms with E-state index in [0.717, 1.165) is 18.4 Å². The second-order valence-electron chi connectivity index (χ2n) is 8.25. The molecule has 0 bridgehead atoms. The van der Waals surface area contributed by atoms with Gasteiger partial charge < -0.3 is 19.5 Å². The molecule has 3 rings (SSSR count). The normalized spacial score (nSPS) is 10.6. The van der Waals surface area contributed by atoms with Gasteiger partial charge in [-0.1, -0.05) is 24.6 Å². The fourth-order valence-corrected chi connectivity index (χ4v) is 3.47. The molecule has 9 heteroatoms. The molecule has 2 N–H and O–H groups in total. The van der Waals surface area contributed by atoms with Crippen LogP contribution in [0.3, 0.4) is 0 Å². The fraction of sp³-hybridized carbons (Fsp3) is 0.241. The minimum absolute atomic E-state index is 0.0956. The van der Waals surface area contributed by atoms with E-state index in [2.05, 4.69) is 15.8 Å². The van der Waals surface area contributed by atoms with Crippen LogP contribution in [0.2, 0.25) is 0 Å². The zero-order chi connectivity index (χ0) is 27.2. The lowest BCUT2D eigenvalue weighted by atomic mass is 10.2. The van der Waals surface area contributed by atoms with Crippen molar-refractivity contribution in [1.82, 2.24) is 10.7 Å². The van der Waals surface area contributed by atoms with Crippen molar-refractivity contribution in [1.29, 1.82) is 0 Å². The monoisotopic (exact) mass is 517 g/mol. The van der Waals surface area contributed by atoms with E-state index in [9.17, 15) is 14.4 Å². The third-order valence-corrected chi connectivity index (χ3v) is 5.51. The molecule has 0 aliphatic heterocycles. The predicted octanol–water partition coefficient (Wildman–Crippen LogP) is 4.36. The van der Waals surface area contributed by atoms with Gasteiger partial charge in [0.25, 0.3) is 5.91 Å². The van der Waals surface area contributed by atoms with Gasteiger partial charge in [-0.25, -0.2) is 10.2 Å². The molecular weight excluding hydrogens is 486 g/mol. The number of carbonyl (C=O) groups excluding carboxylic acids is 3. The zero-order valence-corrected chi connectivity index (χ0v) is 21.4. The SMILES string of the molecule is COc1ccc(C(=O)Oc2ccc(/C=N/NC(=O)CCCCCNC(=O)c3ccccc3)cc2)cc1OC. The molecule has 0 heterocycles. The van der Waals surface area contributed by atoms with Gasteiger partial charge in [-0.15, -0.1) is 0 Å². The Morgan fingerprint density at radius 2 is 1.55 bits per heavy atom. The lowest BCUT2D eigenvalue weighted by Crippen LogP contribution is -2.24. The highest BCUT2D eigenvalue weighted by molar-refractivity contribution is 5.94. The third kappa shape index (κ3) is 8.77. The molecule has 0 aliphatic rings. The van der Waals surface area contributed by atoms with E-state index in [1.807, 2.05) is 18.2 Å². The molecule has 0 radical (unpaired) electrons. The van der Waals surface area contributed by atoms with Crippen molar-refractivity contribution in [2.75, 3.05) is 20.8 Å². The first-order valence-electron chi connectivity index (χ1n) is 12.2. The van der Waals surface area contributed by atoms with Gasteiger partial charge in [-0.05, 0) is 73.0 Å². The lowest BCUT2D eigenvalue weighted by molar-refractivity contribution is -0.121. The first kappa shape index (κ1) is 27.9. The maximum atomic E-state index is 12.4. The molecule has 0 saturated carbocycles. The van der Waals surface area contributed by atoms with Gasteiger partial charge in [0, 0.05) is 18.5 Å². The summed E-state index contributed by atoms with van der Waals surface area (Å²) in [5.41, 5.74) is 4.19. The number of ether oxygens (including phenoxy) is 3. The number of benzene rings is 3. The molecule has 0 saturated heterocycles. The van der Waals surface area contributed by atoms with E-state index < -0.39 is 5.97 Å². The first-order valence-corrected chi connectivity index (χ1v) is 12.2. The van der Waals surface area contributed by atoms with Gasteiger partial charge in [0.05, 0.1) is 26.0 Å². The van der Waals surface area contributed by atoms with Crippen molar-refractivity contribution in [3.63, 3.8) is 0 Å². The molecule has 0 spiro atoms. The summed E-state index contributed by atoms with van der Waals surface area (Å²) in [7, 11) is 3.01. The van der Waals surface area contributed by atoms with Crippen molar-refractivity contribution in [2.45, 2.75) is 25.7 Å². The van der Waals surface area contributed by atoms with Crippen LogP contribution in [0, 0.1) is 0 Å². The number of nitrogens with one attached hydrogen (secondary N) is 2. The van der Waals surface area contributed by atoms with Gasteiger partial charge in [-0.2, -0.15) is 5.10 Å². The van der Waals surface area contributed by atoms with E-state index in [1.165, 1.54) is 20.4 Å². The molecule has 0 unspecified atom stereocenters. The summed E-state index contributed by atoms with van der Waals surface area (Å²) in [4.78, 5) is 36.4. The lowest BCUT2D eigenvalue weighted by Gasteiger charge is -2.09. The second kappa shape index (κ2) is 14.8. The summed E-state index contributed by atoms with van der Waals surface area (Å²) >= 11 is 0. The van der Waals surface area contributed by atoms with E-state index in [0.29, 0.717) is 47.8 Å². The van der Waals surface area contributed by atoms with Crippen LogP contribution in [0.25, 0.3) is 0 Å². The molecule has 3 aromatic carbocycles. The molecular formula is C29H31N3O6. The van der Waals surface area contributed by atoms with Crippen LogP contribution in [0.4, 0.5) is 0 Å². The number of carbonyl (C=O) groups is 3. The molecule has 0 atom stereocenters. The number of hydrogen-bond acceptors (Lipinski definition) is 7. The highest BCUT2D eigenvalue weighted by Crippen LogP contribution is 2.28. The number of unbranched alkanes of at least 4 members (excludes halogenated alkanes) is 2. The van der Waals surface area contributed by atoms with Crippen molar-refractivity contribution in [2.24, 2.45) is 5.10 Å². The van der Waals surface area contributed by atoms with Crippen LogP contribution < -0.4 is 25.0 Å². The first-order chi connectivity index (χ1) is 18.5. The number of nitrogens with zero attached hydrogens (tertiary/aromatic N) is 1. The Bertz CT molecular complexity index is 1240. The molecule has 3 aromatic rings. The maximum Gasteiger partial charge on any atom is 0.343 e. The maximum absolute atomic E-state index is 12.4. The van der Waals surface area contributed by atoms with Crippen LogP contribution in [-0.4, -0.2) is 44.8 Å². The summed E-state index contributed by atoms with van der Waals surface area (Å²) in [6.07, 6.45) is 4.16. The molecule has 198 valence electrons. The molecule has 0 aromatic heterocycles. The van der Waals surface area contributed by atoms with Gasteiger partial charge in [0.1, 0.15) is 5.75 Å². The van der Waals surface area contributed by atoms with E-state index in [4.69, 9.17) is 14.2 Å². The van der Waals surface area contributed by atoms with Crippen LogP contribution in [0.1, 0.15) is 52.0 Å². The van der Waals surface area contributed by atoms with E-state index >= 15 is 0 Å². The van der Waals surface area contributed by atoms with E-state index in [-0.39, 0.29) is 11.8 Å². The zero-order valence-electron chi connectivity index (χ0n) is 21.4. The van der Waals surface area contributed by atoms with Crippen LogP contribution in [0.15, 0.2) is 77.9 Å². The fourth-order valence-electron chi connectivity index (χ4n) is 3.47. The van der Waals surface area contributed by atoms with Gasteiger partial charge in [0.2, 0.25) is 5.91 Å².